The molecule has 37 heavy (non-hydrogen) atoms. The van der Waals surface area contributed by atoms with E-state index in [1.54, 1.807) is 17.0 Å². The van der Waals surface area contributed by atoms with E-state index in [2.05, 4.69) is 20.0 Å². The van der Waals surface area contributed by atoms with E-state index in [0.717, 1.165) is 16.9 Å². The number of esters is 1. The first-order valence-corrected chi connectivity index (χ1v) is 12.2. The molecule has 3 aromatic rings. The van der Waals surface area contributed by atoms with Crippen LogP contribution in [0, 0.1) is 11.3 Å². The van der Waals surface area contributed by atoms with Gasteiger partial charge in [-0.3, -0.25) is 4.79 Å². The normalized spacial score (nSPS) is 15.3. The van der Waals surface area contributed by atoms with Crippen molar-refractivity contribution in [3.8, 4) is 16.6 Å². The van der Waals surface area contributed by atoms with Crippen LogP contribution in [0.3, 0.4) is 0 Å². The maximum atomic E-state index is 13.7. The molecule has 1 aliphatic heterocycles. The molecule has 3 heterocycles. The predicted octanol–water partition coefficient (Wildman–Crippen LogP) is 4.21. The summed E-state index contributed by atoms with van der Waals surface area (Å²) in [6, 6.07) is 12.7. The molecular formula is C25H22F3N5O3S. The number of aromatic nitrogens is 2. The molecule has 1 N–H and O–H groups in total. The molecule has 1 aromatic carbocycles. The van der Waals surface area contributed by atoms with Crippen LogP contribution in [0.2, 0.25) is 0 Å². The van der Waals surface area contributed by atoms with E-state index in [0.29, 0.717) is 42.8 Å². The van der Waals surface area contributed by atoms with Crippen LogP contribution in [-0.2, 0) is 22.1 Å². The lowest BCUT2D eigenvalue weighted by Gasteiger charge is -2.26. The number of hydrogen-bond donors (Lipinski definition) is 1. The van der Waals surface area contributed by atoms with Gasteiger partial charge in [-0.25, -0.2) is 14.8 Å². The molecule has 4 rings (SSSR count). The zero-order valence-corrected chi connectivity index (χ0v) is 20.5. The van der Waals surface area contributed by atoms with Crippen molar-refractivity contribution in [2.24, 2.45) is 0 Å². The fourth-order valence-electron chi connectivity index (χ4n) is 4.03. The Kier molecular flexibility index (Phi) is 7.73. The number of alkyl halides is 3. The summed E-state index contributed by atoms with van der Waals surface area (Å²) in [4.78, 5) is 34.3. The highest BCUT2D eigenvalue weighted by molar-refractivity contribution is 7.17. The van der Waals surface area contributed by atoms with Gasteiger partial charge in [-0.2, -0.15) is 18.4 Å². The summed E-state index contributed by atoms with van der Waals surface area (Å²) in [6.07, 6.45) is -3.18. The first kappa shape index (κ1) is 26.1. The SMILES string of the molecule is COC(=O)c1ccc(-c2cc(N3CCCC3C(=O)NCCc3ccc(C#N)cc3)nc(C(F)(F)F)n2)s1. The molecule has 0 spiro atoms. The molecule has 192 valence electrons. The number of carbonyl (C=O) groups is 2. The van der Waals surface area contributed by atoms with Gasteiger partial charge in [0.1, 0.15) is 16.7 Å². The maximum Gasteiger partial charge on any atom is 0.451 e. The van der Waals surface area contributed by atoms with E-state index in [1.165, 1.54) is 25.3 Å². The van der Waals surface area contributed by atoms with Crippen LogP contribution in [0.5, 0.6) is 0 Å². The first-order valence-electron chi connectivity index (χ1n) is 11.4. The van der Waals surface area contributed by atoms with Gasteiger partial charge in [-0.15, -0.1) is 11.3 Å². The second-order valence-electron chi connectivity index (χ2n) is 8.29. The zero-order chi connectivity index (χ0) is 26.6. The molecule has 0 bridgehead atoms. The Balaban J connectivity index is 1.53. The van der Waals surface area contributed by atoms with Crippen LogP contribution in [0.25, 0.3) is 10.6 Å². The Morgan fingerprint density at radius 2 is 1.97 bits per heavy atom. The summed E-state index contributed by atoms with van der Waals surface area (Å²) >= 11 is 0.960. The minimum Gasteiger partial charge on any atom is -0.465 e. The standard InChI is InChI=1S/C25H22F3N5O3S/c1-36-23(35)20-9-8-19(37-20)17-13-21(32-24(31-17)25(26,27)28)33-12-2-3-18(33)22(34)30-11-10-15-4-6-16(14-29)7-5-15/h4-9,13,18H,2-3,10-12H2,1H3,(H,30,34). The summed E-state index contributed by atoms with van der Waals surface area (Å²) in [6.45, 7) is 0.697. The van der Waals surface area contributed by atoms with Crippen LogP contribution >= 0.6 is 11.3 Å². The van der Waals surface area contributed by atoms with E-state index in [4.69, 9.17) is 5.26 Å². The predicted molar refractivity (Wildman–Crippen MR) is 130 cm³/mol. The second-order valence-corrected chi connectivity index (χ2v) is 9.37. The van der Waals surface area contributed by atoms with Gasteiger partial charge in [0.2, 0.25) is 11.7 Å². The summed E-state index contributed by atoms with van der Waals surface area (Å²) in [7, 11) is 1.22. The third-order valence-corrected chi connectivity index (χ3v) is 6.94. The Labute approximate surface area is 214 Å². The number of halogens is 3. The highest BCUT2D eigenvalue weighted by atomic mass is 32.1. The number of amides is 1. The Bertz CT molecular complexity index is 1330. The number of anilines is 1. The summed E-state index contributed by atoms with van der Waals surface area (Å²) in [5, 5.41) is 11.7. The van der Waals surface area contributed by atoms with Crippen molar-refractivity contribution in [2.75, 3.05) is 25.1 Å². The largest absolute Gasteiger partial charge is 0.465 e. The molecule has 8 nitrogen and oxygen atoms in total. The third-order valence-electron chi connectivity index (χ3n) is 5.86. The molecule has 1 atom stereocenters. The molecular weight excluding hydrogens is 507 g/mol. The number of carbonyl (C=O) groups excluding carboxylic acids is 2. The van der Waals surface area contributed by atoms with Crippen LogP contribution in [0.15, 0.2) is 42.5 Å². The third kappa shape index (κ3) is 6.06. The number of benzene rings is 1. The molecule has 0 aliphatic carbocycles. The lowest BCUT2D eigenvalue weighted by molar-refractivity contribution is -0.144. The number of thiophene rings is 1. The quantitative estimate of drug-likeness (QED) is 0.457. The summed E-state index contributed by atoms with van der Waals surface area (Å²) in [5.41, 5.74) is 1.49. The van der Waals surface area contributed by atoms with Crippen LogP contribution in [0.4, 0.5) is 19.0 Å². The van der Waals surface area contributed by atoms with Crippen molar-refractivity contribution in [1.82, 2.24) is 15.3 Å². The van der Waals surface area contributed by atoms with Crippen molar-refractivity contribution >= 4 is 29.0 Å². The average molecular weight is 530 g/mol. The van der Waals surface area contributed by atoms with Gasteiger partial charge >= 0.3 is 12.1 Å². The van der Waals surface area contributed by atoms with Crippen molar-refractivity contribution in [3.63, 3.8) is 0 Å². The van der Waals surface area contributed by atoms with Gasteiger partial charge in [0.25, 0.3) is 0 Å². The summed E-state index contributed by atoms with van der Waals surface area (Å²) < 4.78 is 45.6. The number of hydrogen-bond acceptors (Lipinski definition) is 8. The van der Waals surface area contributed by atoms with Gasteiger partial charge in [0.15, 0.2) is 0 Å². The Morgan fingerprint density at radius 1 is 1.22 bits per heavy atom. The Hall–Kier alpha value is -3.98. The fourth-order valence-corrected chi connectivity index (χ4v) is 4.91. The number of ether oxygens (including phenoxy) is 1. The monoisotopic (exact) mass is 529 g/mol. The zero-order valence-electron chi connectivity index (χ0n) is 19.7. The van der Waals surface area contributed by atoms with Crippen molar-refractivity contribution in [2.45, 2.75) is 31.5 Å². The van der Waals surface area contributed by atoms with Crippen molar-refractivity contribution < 1.29 is 27.5 Å². The smallest absolute Gasteiger partial charge is 0.451 e. The van der Waals surface area contributed by atoms with E-state index < -0.39 is 24.0 Å². The molecule has 12 heteroatoms. The van der Waals surface area contributed by atoms with E-state index in [1.807, 2.05) is 18.2 Å². The van der Waals surface area contributed by atoms with Gasteiger partial charge in [0.05, 0.1) is 29.3 Å². The number of rotatable bonds is 7. The molecule has 1 amide bonds. The minimum atomic E-state index is -4.80. The molecule has 1 fully saturated rings. The Morgan fingerprint density at radius 3 is 2.65 bits per heavy atom. The van der Waals surface area contributed by atoms with E-state index in [9.17, 15) is 22.8 Å². The lowest BCUT2D eigenvalue weighted by atomic mass is 10.1. The van der Waals surface area contributed by atoms with Crippen molar-refractivity contribution in [3.05, 3.63) is 64.3 Å². The fraction of sp³-hybridized carbons (Fsp3) is 0.320. The van der Waals surface area contributed by atoms with Gasteiger partial charge in [-0.05, 0) is 49.1 Å². The lowest BCUT2D eigenvalue weighted by Crippen LogP contribution is -2.44. The highest BCUT2D eigenvalue weighted by Crippen LogP contribution is 2.35. The minimum absolute atomic E-state index is 0.00403. The number of nitriles is 1. The number of methoxy groups -OCH3 is 1. The van der Waals surface area contributed by atoms with Crippen molar-refractivity contribution in [1.29, 1.82) is 5.26 Å². The van der Waals surface area contributed by atoms with Crippen LogP contribution in [-0.4, -0.2) is 48.1 Å². The molecule has 1 aliphatic rings. The molecule has 0 saturated carbocycles. The average Bonchev–Trinajstić information content (AvgIpc) is 3.58. The van der Waals surface area contributed by atoms with E-state index >= 15 is 0 Å². The van der Waals surface area contributed by atoms with Crippen LogP contribution in [0.1, 0.15) is 39.5 Å². The summed E-state index contributed by atoms with van der Waals surface area (Å²) in [5.74, 6) is -2.22. The molecule has 1 saturated heterocycles. The maximum absolute atomic E-state index is 13.7. The first-order chi connectivity index (χ1) is 17.7. The van der Waals surface area contributed by atoms with Crippen LogP contribution < -0.4 is 10.2 Å². The van der Waals surface area contributed by atoms with E-state index in [-0.39, 0.29) is 22.3 Å². The van der Waals surface area contributed by atoms with Gasteiger partial charge in [0, 0.05) is 19.2 Å². The number of nitrogens with zero attached hydrogens (tertiary/aromatic N) is 4. The van der Waals surface area contributed by atoms with Gasteiger partial charge < -0.3 is 15.0 Å². The number of nitrogens with one attached hydrogen (secondary N) is 1. The molecule has 1 unspecified atom stereocenters. The molecule has 0 radical (unpaired) electrons. The van der Waals surface area contributed by atoms with Gasteiger partial charge in [-0.1, -0.05) is 12.1 Å². The highest BCUT2D eigenvalue weighted by Gasteiger charge is 2.38. The molecule has 2 aromatic heterocycles. The second kappa shape index (κ2) is 11.0. The topological polar surface area (TPSA) is 108 Å².